The fourth-order valence-electron chi connectivity index (χ4n) is 6.19. The number of benzene rings is 3. The van der Waals surface area contributed by atoms with Crippen molar-refractivity contribution in [2.75, 3.05) is 32.2 Å². The van der Waals surface area contributed by atoms with Crippen LogP contribution in [0.1, 0.15) is 32.3 Å². The molecule has 258 valence electrons. The summed E-state index contributed by atoms with van der Waals surface area (Å²) in [7, 11) is -0.930. The molecule has 13 heteroatoms. The molecule has 0 aromatic heterocycles. The van der Waals surface area contributed by atoms with Gasteiger partial charge in [0, 0.05) is 31.6 Å². The van der Waals surface area contributed by atoms with Gasteiger partial charge < -0.3 is 29.4 Å². The van der Waals surface area contributed by atoms with Crippen LogP contribution in [-0.2, 0) is 25.9 Å². The lowest BCUT2D eigenvalue weighted by Gasteiger charge is -2.31. The maximum absolute atomic E-state index is 13.7. The van der Waals surface area contributed by atoms with Crippen LogP contribution in [0.15, 0.2) is 83.8 Å². The number of alkyl carbamates (subject to hydrolysis) is 1. The number of nitrogens with one attached hydrogen (secondary N) is 1. The number of ether oxygens (including phenoxy) is 4. The molecule has 0 spiro atoms. The van der Waals surface area contributed by atoms with E-state index < -0.39 is 46.6 Å². The fraction of sp³-hybridized carbons (Fsp3) is 0.429. The topological polar surface area (TPSA) is 144 Å². The van der Waals surface area contributed by atoms with Crippen LogP contribution in [-0.4, -0.2) is 87.7 Å². The predicted octanol–water partition coefficient (Wildman–Crippen LogP) is 4.61. The number of nitrogens with zero attached hydrogens (tertiary/aromatic N) is 2. The lowest BCUT2D eigenvalue weighted by molar-refractivity contribution is 0.0650. The van der Waals surface area contributed by atoms with Crippen LogP contribution >= 0.6 is 0 Å². The van der Waals surface area contributed by atoms with Crippen molar-refractivity contribution in [3.05, 3.63) is 84.4 Å². The Labute approximate surface area is 281 Å². The first-order chi connectivity index (χ1) is 23.0. The minimum absolute atomic E-state index is 0.0379. The molecular weight excluding hydrogens is 638 g/mol. The van der Waals surface area contributed by atoms with E-state index >= 15 is 0 Å². The molecule has 48 heavy (non-hydrogen) atoms. The summed E-state index contributed by atoms with van der Waals surface area (Å²) >= 11 is 0. The molecule has 2 aliphatic rings. The number of carbonyl (C=O) groups is 2. The molecule has 1 saturated heterocycles. The lowest BCUT2D eigenvalue weighted by atomic mass is 10.0. The van der Waals surface area contributed by atoms with Gasteiger partial charge in [0.2, 0.25) is 10.0 Å². The van der Waals surface area contributed by atoms with E-state index in [2.05, 4.69) is 5.32 Å². The molecule has 0 bridgehead atoms. The van der Waals surface area contributed by atoms with Gasteiger partial charge in [0.15, 0.2) is 0 Å². The molecule has 1 saturated carbocycles. The molecule has 3 aromatic rings. The van der Waals surface area contributed by atoms with E-state index in [4.69, 9.17) is 18.9 Å². The van der Waals surface area contributed by atoms with Crippen molar-refractivity contribution in [3.8, 4) is 11.5 Å². The molecule has 1 aliphatic carbocycles. The Balaban J connectivity index is 1.28. The van der Waals surface area contributed by atoms with Gasteiger partial charge in [0.1, 0.15) is 23.7 Å². The molecule has 2 fully saturated rings. The van der Waals surface area contributed by atoms with E-state index in [0.717, 1.165) is 5.56 Å². The summed E-state index contributed by atoms with van der Waals surface area (Å²) in [6.45, 7) is 3.68. The molecule has 1 aliphatic heterocycles. The fourth-order valence-corrected chi connectivity index (χ4v) is 7.81. The van der Waals surface area contributed by atoms with Gasteiger partial charge in [-0.1, -0.05) is 44.2 Å². The van der Waals surface area contributed by atoms with Crippen molar-refractivity contribution in [2.45, 2.75) is 68.4 Å². The number of aliphatic hydroxyl groups excluding tert-OH is 1. The molecule has 2 amide bonds. The minimum Gasteiger partial charge on any atom is -0.497 e. The standard InChI is InChI=1S/C35H43N3O9S/c1-23(2)21-37(48(42,43)29-16-14-27(45-4)15-17-29)22-32(39)30(18-24-8-6-5-7-9-24)36-34(40)46-28-19-31-33(20-28)47-35(41)38(31)25-10-12-26(44-3)13-11-25/h5-17,23,28,30-33,39H,18-22H2,1-4H3,(H,36,40)/t28-,30+,31+,32-,33-/m1/s1. The van der Waals surface area contributed by atoms with E-state index in [9.17, 15) is 23.1 Å². The monoisotopic (exact) mass is 681 g/mol. The number of sulfonamides is 1. The number of amides is 2. The Bertz CT molecular complexity index is 1640. The predicted molar refractivity (Wildman–Crippen MR) is 179 cm³/mol. The molecule has 12 nitrogen and oxygen atoms in total. The second-order valence-electron chi connectivity index (χ2n) is 12.5. The summed E-state index contributed by atoms with van der Waals surface area (Å²) in [4.78, 5) is 27.6. The van der Waals surface area contributed by atoms with Crippen molar-refractivity contribution in [3.63, 3.8) is 0 Å². The van der Waals surface area contributed by atoms with Crippen molar-refractivity contribution in [1.82, 2.24) is 9.62 Å². The average Bonchev–Trinajstić information content (AvgIpc) is 3.59. The zero-order valence-corrected chi connectivity index (χ0v) is 28.3. The summed E-state index contributed by atoms with van der Waals surface area (Å²) in [5.74, 6) is 1.14. The molecule has 0 radical (unpaired) electrons. The highest BCUT2D eigenvalue weighted by molar-refractivity contribution is 7.89. The van der Waals surface area contributed by atoms with Crippen LogP contribution in [0.25, 0.3) is 0 Å². The van der Waals surface area contributed by atoms with Gasteiger partial charge in [0.05, 0.1) is 37.3 Å². The number of carbonyl (C=O) groups excluding carboxylic acids is 2. The average molecular weight is 682 g/mol. The molecule has 5 rings (SSSR count). The Morgan fingerprint density at radius 3 is 2.19 bits per heavy atom. The largest absolute Gasteiger partial charge is 0.497 e. The minimum atomic E-state index is -3.99. The first-order valence-corrected chi connectivity index (χ1v) is 17.4. The van der Waals surface area contributed by atoms with Gasteiger partial charge >= 0.3 is 12.2 Å². The molecule has 5 atom stereocenters. The van der Waals surface area contributed by atoms with Gasteiger partial charge in [-0.25, -0.2) is 18.0 Å². The van der Waals surface area contributed by atoms with Gasteiger partial charge in [-0.05, 0) is 66.4 Å². The van der Waals surface area contributed by atoms with Crippen molar-refractivity contribution < 1.29 is 42.1 Å². The highest BCUT2D eigenvalue weighted by Gasteiger charge is 2.50. The second-order valence-corrected chi connectivity index (χ2v) is 14.4. The summed E-state index contributed by atoms with van der Waals surface area (Å²) in [5, 5.41) is 14.3. The summed E-state index contributed by atoms with van der Waals surface area (Å²) in [5.41, 5.74) is 1.49. The van der Waals surface area contributed by atoms with E-state index in [-0.39, 0.29) is 36.4 Å². The molecule has 0 unspecified atom stereocenters. The van der Waals surface area contributed by atoms with Gasteiger partial charge in [0.25, 0.3) is 0 Å². The quantitative estimate of drug-likeness (QED) is 0.249. The third kappa shape index (κ3) is 8.20. The highest BCUT2D eigenvalue weighted by Crippen LogP contribution is 2.38. The van der Waals surface area contributed by atoms with Crippen LogP contribution in [0, 0.1) is 5.92 Å². The number of rotatable bonds is 14. The van der Waals surface area contributed by atoms with Gasteiger partial charge in [-0.2, -0.15) is 4.31 Å². The number of hydrogen-bond donors (Lipinski definition) is 2. The zero-order chi connectivity index (χ0) is 34.4. The molecule has 3 aromatic carbocycles. The summed E-state index contributed by atoms with van der Waals surface area (Å²) in [6.07, 6.45) is -2.57. The number of aliphatic hydroxyl groups is 1. The normalized spacial score (nSPS) is 20.3. The van der Waals surface area contributed by atoms with E-state index in [1.807, 2.05) is 44.2 Å². The lowest BCUT2D eigenvalue weighted by Crippen LogP contribution is -2.51. The molecule has 1 heterocycles. The Hall–Kier alpha value is -4.33. The van der Waals surface area contributed by atoms with Crippen LogP contribution < -0.4 is 19.7 Å². The van der Waals surface area contributed by atoms with Crippen molar-refractivity contribution in [2.24, 2.45) is 5.92 Å². The summed E-state index contributed by atoms with van der Waals surface area (Å²) < 4.78 is 50.5. The first kappa shape index (κ1) is 35.0. The van der Waals surface area contributed by atoms with Crippen molar-refractivity contribution in [1.29, 1.82) is 0 Å². The van der Waals surface area contributed by atoms with E-state index in [1.165, 1.54) is 23.5 Å². The third-order valence-electron chi connectivity index (χ3n) is 8.56. The molecular formula is C35H43N3O9S. The van der Waals surface area contributed by atoms with Crippen LogP contribution in [0.4, 0.5) is 15.3 Å². The maximum atomic E-state index is 13.7. The van der Waals surface area contributed by atoms with E-state index in [0.29, 0.717) is 30.0 Å². The van der Waals surface area contributed by atoms with Gasteiger partial charge in [-0.15, -0.1) is 0 Å². The number of hydrogen-bond acceptors (Lipinski definition) is 9. The Morgan fingerprint density at radius 2 is 1.58 bits per heavy atom. The maximum Gasteiger partial charge on any atom is 0.415 e. The van der Waals surface area contributed by atoms with Crippen LogP contribution in [0.2, 0.25) is 0 Å². The van der Waals surface area contributed by atoms with Crippen LogP contribution in [0.3, 0.4) is 0 Å². The second kappa shape index (κ2) is 15.3. The highest BCUT2D eigenvalue weighted by atomic mass is 32.2. The van der Waals surface area contributed by atoms with Gasteiger partial charge in [-0.3, -0.25) is 4.90 Å². The number of anilines is 1. The Morgan fingerprint density at radius 1 is 0.958 bits per heavy atom. The smallest absolute Gasteiger partial charge is 0.415 e. The Kier molecular flexibility index (Phi) is 11.1. The zero-order valence-electron chi connectivity index (χ0n) is 27.5. The molecule has 2 N–H and O–H groups in total. The van der Waals surface area contributed by atoms with Crippen molar-refractivity contribution >= 4 is 27.9 Å². The third-order valence-corrected chi connectivity index (χ3v) is 10.4. The summed E-state index contributed by atoms with van der Waals surface area (Å²) in [6, 6.07) is 21.2. The number of fused-ring (bicyclic) bond motifs is 1. The SMILES string of the molecule is COc1ccc(N2C(=O)O[C@@H]3C[C@H](OC(=O)N[C@@H](Cc4ccccc4)[C@H](O)CN(CC(C)C)S(=O)(=O)c4ccc(OC)cc4)C[C@@H]32)cc1. The van der Waals surface area contributed by atoms with E-state index in [1.54, 1.807) is 48.4 Å². The first-order valence-electron chi connectivity index (χ1n) is 16.0. The number of methoxy groups -OCH3 is 2. The van der Waals surface area contributed by atoms with Crippen LogP contribution in [0.5, 0.6) is 11.5 Å².